The maximum absolute atomic E-state index is 9.53. The summed E-state index contributed by atoms with van der Waals surface area (Å²) in [5.74, 6) is 0.723. The predicted molar refractivity (Wildman–Crippen MR) is 117 cm³/mol. The van der Waals surface area contributed by atoms with Crippen molar-refractivity contribution in [1.29, 1.82) is 0 Å². The number of hydrogen-bond acceptors (Lipinski definition) is 8. The Morgan fingerprint density at radius 3 is 2.76 bits per heavy atom. The fraction of sp³-hybridized carbons (Fsp3) is 0.0476. The smallest absolute Gasteiger partial charge is 0.190 e. The molecule has 0 aliphatic heterocycles. The molecule has 0 bridgehead atoms. The summed E-state index contributed by atoms with van der Waals surface area (Å²) in [6.07, 6.45) is 3.38. The van der Waals surface area contributed by atoms with Gasteiger partial charge in [-0.2, -0.15) is 0 Å². The summed E-state index contributed by atoms with van der Waals surface area (Å²) in [5, 5.41) is 14.5. The van der Waals surface area contributed by atoms with Crippen LogP contribution in [-0.4, -0.2) is 25.0 Å². The van der Waals surface area contributed by atoms with Crippen molar-refractivity contribution in [3.8, 4) is 0 Å². The minimum atomic E-state index is 0.0104. The molecule has 3 heterocycles. The summed E-state index contributed by atoms with van der Waals surface area (Å²) >= 11 is 3.05. The van der Waals surface area contributed by atoms with Crippen LogP contribution < -0.4 is 5.32 Å². The average Bonchev–Trinajstić information content (AvgIpc) is 3.16. The standard InChI is InChI=1S/C21H15N5OS2/c27-11-13-5-1-4-8-18(13)28-14-9-17-20(22-10-14)29-21(25-17)26-19-15-6-2-3-7-16(15)23-12-24-19/h1-10,12,27H,11H2,(H,23,24,25,26). The second kappa shape index (κ2) is 7.75. The highest BCUT2D eigenvalue weighted by Crippen LogP contribution is 2.34. The highest BCUT2D eigenvalue weighted by atomic mass is 32.2. The molecule has 0 fully saturated rings. The first-order valence-electron chi connectivity index (χ1n) is 8.90. The van der Waals surface area contributed by atoms with Gasteiger partial charge in [0.05, 0.1) is 12.1 Å². The third-order valence-corrected chi connectivity index (χ3v) is 6.33. The maximum atomic E-state index is 9.53. The van der Waals surface area contributed by atoms with E-state index >= 15 is 0 Å². The van der Waals surface area contributed by atoms with Crippen LogP contribution in [0.4, 0.5) is 10.9 Å². The number of pyridine rings is 1. The van der Waals surface area contributed by atoms with E-state index in [2.05, 4.69) is 25.3 Å². The monoisotopic (exact) mass is 417 g/mol. The molecule has 0 aliphatic carbocycles. The molecule has 0 aliphatic rings. The summed E-state index contributed by atoms with van der Waals surface area (Å²) in [4.78, 5) is 20.7. The number of fused-ring (bicyclic) bond motifs is 2. The lowest BCUT2D eigenvalue weighted by Gasteiger charge is -2.06. The van der Waals surface area contributed by atoms with Gasteiger partial charge in [-0.05, 0) is 29.8 Å². The lowest BCUT2D eigenvalue weighted by atomic mass is 10.2. The molecule has 0 radical (unpaired) electrons. The van der Waals surface area contributed by atoms with Gasteiger partial charge < -0.3 is 10.4 Å². The number of aliphatic hydroxyl groups is 1. The van der Waals surface area contributed by atoms with Gasteiger partial charge in [-0.25, -0.2) is 19.9 Å². The summed E-state index contributed by atoms with van der Waals surface area (Å²) < 4.78 is 0. The van der Waals surface area contributed by atoms with Crippen molar-refractivity contribution in [2.75, 3.05) is 5.32 Å². The van der Waals surface area contributed by atoms with Crippen LogP contribution in [-0.2, 0) is 6.61 Å². The molecule has 2 aromatic carbocycles. The molecule has 0 saturated carbocycles. The second-order valence-corrected chi connectivity index (χ2v) is 8.34. The van der Waals surface area contributed by atoms with E-state index in [0.717, 1.165) is 47.6 Å². The van der Waals surface area contributed by atoms with Gasteiger partial charge in [0.2, 0.25) is 0 Å². The molecule has 5 aromatic rings. The van der Waals surface area contributed by atoms with Gasteiger partial charge in [-0.1, -0.05) is 53.4 Å². The van der Waals surface area contributed by atoms with E-state index in [1.54, 1.807) is 18.1 Å². The molecular formula is C21H15N5OS2. The number of nitrogens with one attached hydrogen (secondary N) is 1. The number of benzene rings is 2. The third kappa shape index (κ3) is 3.65. The predicted octanol–water partition coefficient (Wildman–Crippen LogP) is 5.02. The summed E-state index contributed by atoms with van der Waals surface area (Å²) in [6, 6.07) is 17.7. The van der Waals surface area contributed by atoms with E-state index in [9.17, 15) is 5.11 Å². The minimum Gasteiger partial charge on any atom is -0.392 e. The quantitative estimate of drug-likeness (QED) is 0.415. The number of thiazole rings is 1. The van der Waals surface area contributed by atoms with E-state index in [4.69, 9.17) is 0 Å². The van der Waals surface area contributed by atoms with Gasteiger partial charge in [0.15, 0.2) is 5.13 Å². The van der Waals surface area contributed by atoms with Crippen LogP contribution in [0.2, 0.25) is 0 Å². The molecule has 0 atom stereocenters. The van der Waals surface area contributed by atoms with Gasteiger partial charge in [-0.3, -0.25) is 0 Å². The van der Waals surface area contributed by atoms with Crippen LogP contribution in [0.3, 0.4) is 0 Å². The van der Waals surface area contributed by atoms with E-state index in [1.165, 1.54) is 11.3 Å². The van der Waals surface area contributed by atoms with Crippen LogP contribution in [0, 0.1) is 0 Å². The van der Waals surface area contributed by atoms with Crippen molar-refractivity contribution in [2.45, 2.75) is 16.4 Å². The number of rotatable bonds is 5. The molecule has 142 valence electrons. The number of nitrogens with zero attached hydrogens (tertiary/aromatic N) is 4. The first kappa shape index (κ1) is 18.0. The van der Waals surface area contributed by atoms with Crippen molar-refractivity contribution in [1.82, 2.24) is 19.9 Å². The van der Waals surface area contributed by atoms with Crippen molar-refractivity contribution in [3.63, 3.8) is 0 Å². The van der Waals surface area contributed by atoms with Crippen molar-refractivity contribution in [2.24, 2.45) is 0 Å². The molecule has 8 heteroatoms. The molecule has 6 nitrogen and oxygen atoms in total. The number of aromatic nitrogens is 4. The molecule has 0 unspecified atom stereocenters. The Morgan fingerprint density at radius 1 is 0.966 bits per heavy atom. The largest absolute Gasteiger partial charge is 0.392 e. The molecule has 3 aromatic heterocycles. The third-order valence-electron chi connectivity index (χ3n) is 4.36. The molecule has 0 amide bonds. The number of hydrogen-bond donors (Lipinski definition) is 2. The van der Waals surface area contributed by atoms with Crippen LogP contribution in [0.1, 0.15) is 5.56 Å². The Balaban J connectivity index is 1.45. The molecule has 0 spiro atoms. The lowest BCUT2D eigenvalue weighted by Crippen LogP contribution is -1.95. The van der Waals surface area contributed by atoms with E-state index < -0.39 is 0 Å². The maximum Gasteiger partial charge on any atom is 0.190 e. The van der Waals surface area contributed by atoms with Gasteiger partial charge in [-0.15, -0.1) is 0 Å². The summed E-state index contributed by atoms with van der Waals surface area (Å²) in [7, 11) is 0. The number of para-hydroxylation sites is 1. The summed E-state index contributed by atoms with van der Waals surface area (Å²) in [5.41, 5.74) is 2.60. The van der Waals surface area contributed by atoms with Crippen LogP contribution in [0.25, 0.3) is 21.3 Å². The SMILES string of the molecule is OCc1ccccc1Sc1cnc2sc(Nc3ncnc4ccccc34)nc2c1. The van der Waals surface area contributed by atoms with Gasteiger partial charge in [0.1, 0.15) is 22.5 Å². The Bertz CT molecular complexity index is 1320. The van der Waals surface area contributed by atoms with E-state index in [0.29, 0.717) is 0 Å². The van der Waals surface area contributed by atoms with Crippen molar-refractivity contribution in [3.05, 3.63) is 72.7 Å². The second-order valence-electron chi connectivity index (χ2n) is 6.25. The molecular weight excluding hydrogens is 402 g/mol. The molecule has 0 saturated heterocycles. The molecule has 2 N–H and O–H groups in total. The van der Waals surface area contributed by atoms with Crippen molar-refractivity contribution < 1.29 is 5.11 Å². The molecule has 5 rings (SSSR count). The van der Waals surface area contributed by atoms with Crippen LogP contribution >= 0.6 is 23.1 Å². The van der Waals surface area contributed by atoms with Crippen LogP contribution in [0.15, 0.2) is 76.9 Å². The number of aliphatic hydroxyl groups excluding tert-OH is 1. The Kier molecular flexibility index (Phi) is 4.81. The fourth-order valence-corrected chi connectivity index (χ4v) is 4.71. The number of anilines is 2. The first-order valence-corrected chi connectivity index (χ1v) is 10.5. The molecule has 29 heavy (non-hydrogen) atoms. The normalized spacial score (nSPS) is 11.2. The minimum absolute atomic E-state index is 0.0104. The van der Waals surface area contributed by atoms with E-state index in [-0.39, 0.29) is 6.61 Å². The first-order chi connectivity index (χ1) is 14.3. The van der Waals surface area contributed by atoms with Gasteiger partial charge in [0, 0.05) is 21.4 Å². The highest BCUT2D eigenvalue weighted by molar-refractivity contribution is 7.99. The topological polar surface area (TPSA) is 83.8 Å². The Morgan fingerprint density at radius 2 is 1.83 bits per heavy atom. The Hall–Kier alpha value is -3.07. The van der Waals surface area contributed by atoms with Crippen LogP contribution in [0.5, 0.6) is 0 Å². The zero-order chi connectivity index (χ0) is 19.6. The summed E-state index contributed by atoms with van der Waals surface area (Å²) in [6.45, 7) is 0.0104. The zero-order valence-corrected chi connectivity index (χ0v) is 16.7. The average molecular weight is 418 g/mol. The highest BCUT2D eigenvalue weighted by Gasteiger charge is 2.11. The van der Waals surface area contributed by atoms with Gasteiger partial charge in [0.25, 0.3) is 0 Å². The Labute approximate surface area is 174 Å². The van der Waals surface area contributed by atoms with Crippen molar-refractivity contribution >= 4 is 55.3 Å². The van der Waals surface area contributed by atoms with E-state index in [1.807, 2.05) is 60.8 Å². The fourth-order valence-electron chi connectivity index (χ4n) is 2.98. The lowest BCUT2D eigenvalue weighted by molar-refractivity contribution is 0.279. The zero-order valence-electron chi connectivity index (χ0n) is 15.1. The van der Waals surface area contributed by atoms with Gasteiger partial charge >= 0.3 is 0 Å².